The van der Waals surface area contributed by atoms with E-state index in [1.165, 1.54) is 0 Å². The van der Waals surface area contributed by atoms with Gasteiger partial charge in [-0.25, -0.2) is 4.79 Å². The molecular weight excluding hydrogens is 268 g/mol. The summed E-state index contributed by atoms with van der Waals surface area (Å²) in [4.78, 5) is 13.0. The topological polar surface area (TPSA) is 46.5 Å². The Labute approximate surface area is 116 Å². The average molecular weight is 286 g/mol. The maximum absolute atomic E-state index is 11.4. The van der Waals surface area contributed by atoms with Crippen LogP contribution in [-0.2, 0) is 4.74 Å². The Kier molecular flexibility index (Phi) is 7.23. The zero-order chi connectivity index (χ0) is 13.4. The highest BCUT2D eigenvalue weighted by atomic mass is 32.2. The molecule has 0 spiro atoms. The third-order valence-electron chi connectivity index (χ3n) is 2.25. The number of aromatic carboxylic acids is 1. The molecule has 0 aliphatic rings. The van der Waals surface area contributed by atoms with Gasteiger partial charge in [-0.1, -0.05) is 13.0 Å². The van der Waals surface area contributed by atoms with Crippen molar-refractivity contribution in [3.63, 3.8) is 0 Å². The van der Waals surface area contributed by atoms with Gasteiger partial charge in [0.25, 0.3) is 0 Å². The molecule has 1 aromatic carbocycles. The minimum atomic E-state index is -0.846. The molecule has 5 heteroatoms. The van der Waals surface area contributed by atoms with Crippen LogP contribution in [0.15, 0.2) is 28.0 Å². The van der Waals surface area contributed by atoms with Crippen LogP contribution in [0.2, 0.25) is 0 Å². The average Bonchev–Trinajstić information content (AvgIpc) is 2.35. The molecule has 1 rings (SSSR count). The van der Waals surface area contributed by atoms with Crippen LogP contribution in [0.25, 0.3) is 0 Å². The molecule has 0 heterocycles. The summed E-state index contributed by atoms with van der Waals surface area (Å²) >= 11 is 3.15. The van der Waals surface area contributed by atoms with Gasteiger partial charge in [0, 0.05) is 29.3 Å². The summed E-state index contributed by atoms with van der Waals surface area (Å²) in [5.41, 5.74) is 0.437. The SMILES string of the molecule is CCSc1cccc(SCCCOC)c1C(=O)O. The number of ether oxygens (including phenoxy) is 1. The van der Waals surface area contributed by atoms with E-state index in [0.717, 1.165) is 27.7 Å². The summed E-state index contributed by atoms with van der Waals surface area (Å²) in [7, 11) is 1.67. The van der Waals surface area contributed by atoms with E-state index in [9.17, 15) is 9.90 Å². The fourth-order valence-electron chi connectivity index (χ4n) is 1.50. The van der Waals surface area contributed by atoms with Crippen LogP contribution in [0, 0.1) is 0 Å². The monoisotopic (exact) mass is 286 g/mol. The lowest BCUT2D eigenvalue weighted by Gasteiger charge is -2.10. The minimum absolute atomic E-state index is 0.437. The Balaban J connectivity index is 2.82. The van der Waals surface area contributed by atoms with Gasteiger partial charge in [0.15, 0.2) is 0 Å². The Hall–Kier alpha value is -0.650. The van der Waals surface area contributed by atoms with Crippen molar-refractivity contribution >= 4 is 29.5 Å². The molecule has 0 atom stereocenters. The van der Waals surface area contributed by atoms with Crippen molar-refractivity contribution in [2.24, 2.45) is 0 Å². The van der Waals surface area contributed by atoms with Crippen LogP contribution in [0.3, 0.4) is 0 Å². The molecule has 0 saturated heterocycles. The fourth-order valence-corrected chi connectivity index (χ4v) is 3.39. The molecule has 1 aromatic rings. The standard InChI is InChI=1S/C13H18O3S2/c1-3-17-10-6-4-7-11(12(10)13(14)15)18-9-5-8-16-2/h4,6-7H,3,5,8-9H2,1-2H3,(H,14,15). The molecule has 0 aliphatic carbocycles. The van der Waals surface area contributed by atoms with Gasteiger partial charge in [0.1, 0.15) is 0 Å². The van der Waals surface area contributed by atoms with Gasteiger partial charge in [-0.15, -0.1) is 23.5 Å². The van der Waals surface area contributed by atoms with E-state index in [1.807, 2.05) is 25.1 Å². The molecule has 0 bridgehead atoms. The molecule has 3 nitrogen and oxygen atoms in total. The van der Waals surface area contributed by atoms with Crippen LogP contribution >= 0.6 is 23.5 Å². The predicted molar refractivity (Wildman–Crippen MR) is 77.0 cm³/mol. The van der Waals surface area contributed by atoms with E-state index in [4.69, 9.17) is 4.74 Å². The van der Waals surface area contributed by atoms with Crippen molar-refractivity contribution < 1.29 is 14.6 Å². The first-order chi connectivity index (χ1) is 8.70. The predicted octanol–water partition coefficient (Wildman–Crippen LogP) is 3.63. The van der Waals surface area contributed by atoms with Crippen molar-refractivity contribution in [1.82, 2.24) is 0 Å². The molecule has 0 saturated carbocycles. The Morgan fingerprint density at radius 3 is 2.56 bits per heavy atom. The number of hydrogen-bond acceptors (Lipinski definition) is 4. The molecule has 0 fully saturated rings. The van der Waals surface area contributed by atoms with Gasteiger partial charge in [-0.2, -0.15) is 0 Å². The quantitative estimate of drug-likeness (QED) is 0.584. The summed E-state index contributed by atoms with van der Waals surface area (Å²) in [6, 6.07) is 5.67. The largest absolute Gasteiger partial charge is 0.478 e. The van der Waals surface area contributed by atoms with Crippen molar-refractivity contribution in [2.45, 2.75) is 23.1 Å². The van der Waals surface area contributed by atoms with Crippen LogP contribution in [0.4, 0.5) is 0 Å². The maximum atomic E-state index is 11.4. The number of hydrogen-bond donors (Lipinski definition) is 1. The highest BCUT2D eigenvalue weighted by Crippen LogP contribution is 2.31. The van der Waals surface area contributed by atoms with Crippen LogP contribution in [-0.4, -0.2) is 36.3 Å². The van der Waals surface area contributed by atoms with Crippen LogP contribution in [0.5, 0.6) is 0 Å². The van der Waals surface area contributed by atoms with E-state index in [2.05, 4.69) is 0 Å². The van der Waals surface area contributed by atoms with Crippen molar-refractivity contribution in [2.75, 3.05) is 25.2 Å². The van der Waals surface area contributed by atoms with Crippen molar-refractivity contribution in [3.05, 3.63) is 23.8 Å². The Bertz CT molecular complexity index is 394. The smallest absolute Gasteiger partial charge is 0.337 e. The zero-order valence-electron chi connectivity index (χ0n) is 10.6. The number of methoxy groups -OCH3 is 1. The number of carboxylic acid groups (broad SMARTS) is 1. The fraction of sp³-hybridized carbons (Fsp3) is 0.462. The first kappa shape index (κ1) is 15.4. The van der Waals surface area contributed by atoms with Gasteiger partial charge in [0.05, 0.1) is 5.56 Å². The molecule has 0 amide bonds. The van der Waals surface area contributed by atoms with Crippen LogP contribution in [0.1, 0.15) is 23.7 Å². The second-order valence-corrected chi connectivity index (χ2v) is 6.00. The van der Waals surface area contributed by atoms with E-state index in [1.54, 1.807) is 30.6 Å². The lowest BCUT2D eigenvalue weighted by Crippen LogP contribution is -2.02. The number of benzene rings is 1. The van der Waals surface area contributed by atoms with Gasteiger partial charge in [0.2, 0.25) is 0 Å². The number of rotatable bonds is 8. The van der Waals surface area contributed by atoms with Crippen molar-refractivity contribution in [3.8, 4) is 0 Å². The first-order valence-corrected chi connectivity index (χ1v) is 7.78. The normalized spacial score (nSPS) is 10.6. The molecular formula is C13H18O3S2. The second kappa shape index (κ2) is 8.45. The molecule has 0 aromatic heterocycles. The lowest BCUT2D eigenvalue weighted by atomic mass is 10.2. The van der Waals surface area contributed by atoms with Gasteiger partial charge < -0.3 is 9.84 Å². The van der Waals surface area contributed by atoms with E-state index >= 15 is 0 Å². The van der Waals surface area contributed by atoms with Gasteiger partial charge in [-0.3, -0.25) is 0 Å². The van der Waals surface area contributed by atoms with Gasteiger partial charge >= 0.3 is 5.97 Å². The molecule has 0 unspecified atom stereocenters. The Morgan fingerprint density at radius 2 is 2.00 bits per heavy atom. The first-order valence-electron chi connectivity index (χ1n) is 5.81. The lowest BCUT2D eigenvalue weighted by molar-refractivity contribution is 0.0689. The minimum Gasteiger partial charge on any atom is -0.478 e. The molecule has 100 valence electrons. The van der Waals surface area contributed by atoms with Crippen LogP contribution < -0.4 is 0 Å². The van der Waals surface area contributed by atoms with E-state index in [-0.39, 0.29) is 0 Å². The third kappa shape index (κ3) is 4.55. The van der Waals surface area contributed by atoms with Crippen molar-refractivity contribution in [1.29, 1.82) is 0 Å². The molecule has 1 N–H and O–H groups in total. The second-order valence-electron chi connectivity index (χ2n) is 3.56. The summed E-state index contributed by atoms with van der Waals surface area (Å²) in [6.45, 7) is 2.73. The van der Waals surface area contributed by atoms with E-state index in [0.29, 0.717) is 12.2 Å². The molecule has 0 aliphatic heterocycles. The number of thioether (sulfide) groups is 2. The van der Waals surface area contributed by atoms with Gasteiger partial charge in [-0.05, 0) is 24.3 Å². The zero-order valence-corrected chi connectivity index (χ0v) is 12.3. The molecule has 0 radical (unpaired) electrons. The Morgan fingerprint density at radius 1 is 1.33 bits per heavy atom. The summed E-state index contributed by atoms with van der Waals surface area (Å²) < 4.78 is 4.99. The number of carboxylic acids is 1. The van der Waals surface area contributed by atoms with E-state index < -0.39 is 5.97 Å². The highest BCUT2D eigenvalue weighted by Gasteiger charge is 2.15. The molecule has 18 heavy (non-hydrogen) atoms. The highest BCUT2D eigenvalue weighted by molar-refractivity contribution is 8.00. The third-order valence-corrected chi connectivity index (χ3v) is 4.34. The summed E-state index contributed by atoms with van der Waals surface area (Å²) in [5.74, 6) is 0.896. The maximum Gasteiger partial charge on any atom is 0.337 e. The summed E-state index contributed by atoms with van der Waals surface area (Å²) in [5, 5.41) is 9.32. The summed E-state index contributed by atoms with van der Waals surface area (Å²) in [6.07, 6.45) is 0.922. The number of carbonyl (C=O) groups is 1.